The van der Waals surface area contributed by atoms with Crippen LogP contribution in [0.15, 0.2) is 29.6 Å². The minimum Gasteiger partial charge on any atom is -0.298 e. The highest BCUT2D eigenvalue weighted by atomic mass is 35.5. The maximum Gasteiger partial charge on any atom is 0.157 e. The van der Waals surface area contributed by atoms with Gasteiger partial charge in [-0.3, -0.25) is 4.79 Å². The molecule has 2 aromatic rings. The van der Waals surface area contributed by atoms with Crippen molar-refractivity contribution in [3.8, 4) is 17.3 Å². The topological polar surface area (TPSA) is 53.8 Å². The Morgan fingerprint density at radius 3 is 2.55 bits per heavy atom. The van der Waals surface area contributed by atoms with Gasteiger partial charge in [-0.2, -0.15) is 5.26 Å². The molecule has 0 aliphatic heterocycles. The smallest absolute Gasteiger partial charge is 0.157 e. The van der Waals surface area contributed by atoms with E-state index in [1.54, 1.807) is 12.1 Å². The van der Waals surface area contributed by atoms with Crippen molar-refractivity contribution in [3.05, 3.63) is 39.7 Å². The van der Waals surface area contributed by atoms with Crippen LogP contribution in [0.5, 0.6) is 0 Å². The van der Waals surface area contributed by atoms with Gasteiger partial charge in [-0.15, -0.1) is 11.3 Å². The number of halogens is 1. The van der Waals surface area contributed by atoms with Gasteiger partial charge in [-0.1, -0.05) is 44.5 Å². The molecule has 0 saturated carbocycles. The monoisotopic (exact) mass is 332 g/mol. The maximum absolute atomic E-state index is 12.3. The van der Waals surface area contributed by atoms with E-state index in [9.17, 15) is 10.1 Å². The van der Waals surface area contributed by atoms with E-state index in [2.05, 4.69) is 11.1 Å². The fraction of sp³-hybridized carbons (Fsp3) is 0.353. The van der Waals surface area contributed by atoms with Crippen LogP contribution in [0.3, 0.4) is 0 Å². The molecule has 0 aliphatic carbocycles. The van der Waals surface area contributed by atoms with Crippen LogP contribution in [0, 0.1) is 16.7 Å². The zero-order valence-corrected chi connectivity index (χ0v) is 14.3. The highest BCUT2D eigenvalue weighted by Gasteiger charge is 2.27. The van der Waals surface area contributed by atoms with Gasteiger partial charge in [0.25, 0.3) is 0 Å². The van der Waals surface area contributed by atoms with Crippen molar-refractivity contribution in [1.29, 1.82) is 5.26 Å². The van der Waals surface area contributed by atoms with Gasteiger partial charge in [-0.25, -0.2) is 4.98 Å². The Kier molecular flexibility index (Phi) is 5.00. The van der Waals surface area contributed by atoms with Crippen LogP contribution in [0.2, 0.25) is 5.02 Å². The number of hydrogen-bond donors (Lipinski definition) is 0. The highest BCUT2D eigenvalue weighted by Crippen LogP contribution is 2.30. The van der Waals surface area contributed by atoms with E-state index < -0.39 is 5.92 Å². The molecule has 114 valence electrons. The minimum absolute atomic E-state index is 0.0768. The molecule has 22 heavy (non-hydrogen) atoms. The minimum atomic E-state index is -0.787. The number of carbonyl (C=O) groups is 1. The Hall–Kier alpha value is -1.70. The summed E-state index contributed by atoms with van der Waals surface area (Å²) in [5.74, 6) is -0.864. The summed E-state index contributed by atoms with van der Waals surface area (Å²) in [4.78, 5) is 16.8. The fourth-order valence-corrected chi connectivity index (χ4v) is 3.08. The van der Waals surface area contributed by atoms with Crippen LogP contribution < -0.4 is 0 Å². The Bertz CT molecular complexity index is 707. The summed E-state index contributed by atoms with van der Waals surface area (Å²) in [6.07, 6.45) is 0.362. The molecule has 0 aliphatic rings. The molecule has 5 heteroatoms. The lowest BCUT2D eigenvalue weighted by molar-refractivity contribution is -0.121. The lowest BCUT2D eigenvalue weighted by Crippen LogP contribution is -2.18. The first-order chi connectivity index (χ1) is 10.3. The molecule has 1 heterocycles. The number of nitriles is 1. The number of benzene rings is 1. The van der Waals surface area contributed by atoms with Crippen molar-refractivity contribution >= 4 is 28.7 Å². The number of hydrogen-bond acceptors (Lipinski definition) is 4. The average molecular weight is 333 g/mol. The zero-order chi connectivity index (χ0) is 16.3. The number of thiazole rings is 1. The summed E-state index contributed by atoms with van der Waals surface area (Å²) in [5, 5.41) is 12.4. The van der Waals surface area contributed by atoms with Crippen LogP contribution in [0.25, 0.3) is 11.3 Å². The molecule has 1 unspecified atom stereocenters. The molecule has 1 aromatic carbocycles. The predicted molar refractivity (Wildman–Crippen MR) is 90.0 cm³/mol. The Morgan fingerprint density at radius 1 is 1.36 bits per heavy atom. The maximum atomic E-state index is 12.3. The number of nitrogens with zero attached hydrogens (tertiary/aromatic N) is 2. The molecule has 0 fully saturated rings. The number of aromatic nitrogens is 1. The normalized spacial score (nSPS) is 12.7. The first kappa shape index (κ1) is 16.7. The second-order valence-electron chi connectivity index (χ2n) is 6.34. The largest absolute Gasteiger partial charge is 0.298 e. The molecule has 0 N–H and O–H groups in total. The van der Waals surface area contributed by atoms with Crippen LogP contribution >= 0.6 is 22.9 Å². The molecule has 0 radical (unpaired) electrons. The van der Waals surface area contributed by atoms with E-state index in [0.717, 1.165) is 11.3 Å². The molecule has 3 nitrogen and oxygen atoms in total. The average Bonchev–Trinajstić information content (AvgIpc) is 2.88. The number of ketones is 1. The zero-order valence-electron chi connectivity index (χ0n) is 12.8. The SMILES string of the molecule is CC(C)(C)CC(=O)C(C#N)c1nc(-c2ccc(Cl)cc2)cs1. The molecule has 2 rings (SSSR count). The third kappa shape index (κ3) is 4.16. The standard InChI is InChI=1S/C17H17ClN2OS/c1-17(2,3)8-15(21)13(9-19)16-20-14(10-22-16)11-4-6-12(18)7-5-11/h4-7,10,13H,8H2,1-3H3. The molecule has 0 bridgehead atoms. The predicted octanol–water partition coefficient (Wildman–Crippen LogP) is 5.08. The van der Waals surface area contributed by atoms with Crippen molar-refractivity contribution < 1.29 is 4.79 Å². The molecule has 1 aromatic heterocycles. The van der Waals surface area contributed by atoms with E-state index in [0.29, 0.717) is 16.5 Å². The Morgan fingerprint density at radius 2 is 2.00 bits per heavy atom. The highest BCUT2D eigenvalue weighted by molar-refractivity contribution is 7.10. The van der Waals surface area contributed by atoms with Crippen molar-refractivity contribution in [3.63, 3.8) is 0 Å². The van der Waals surface area contributed by atoms with Crippen LogP contribution in [0.1, 0.15) is 38.1 Å². The fourth-order valence-electron chi connectivity index (χ4n) is 2.06. The molecular weight excluding hydrogens is 316 g/mol. The van der Waals surface area contributed by atoms with E-state index >= 15 is 0 Å². The Balaban J connectivity index is 2.24. The summed E-state index contributed by atoms with van der Waals surface area (Å²) in [6, 6.07) is 9.43. The van der Waals surface area contributed by atoms with Crippen molar-refractivity contribution in [2.45, 2.75) is 33.1 Å². The quantitative estimate of drug-likeness (QED) is 0.784. The summed E-state index contributed by atoms with van der Waals surface area (Å²) in [6.45, 7) is 5.96. The van der Waals surface area contributed by atoms with Crippen molar-refractivity contribution in [2.75, 3.05) is 0 Å². The molecule has 0 amide bonds. The number of Topliss-reactive ketones (excluding diaryl/α,β-unsaturated/α-hetero) is 1. The van der Waals surface area contributed by atoms with Crippen LogP contribution in [-0.4, -0.2) is 10.8 Å². The van der Waals surface area contributed by atoms with Crippen molar-refractivity contribution in [1.82, 2.24) is 4.98 Å². The second-order valence-corrected chi connectivity index (χ2v) is 7.67. The Labute approximate surface area is 139 Å². The van der Waals surface area contributed by atoms with Gasteiger partial charge < -0.3 is 0 Å². The van der Waals surface area contributed by atoms with Crippen LogP contribution in [0.4, 0.5) is 0 Å². The number of carbonyl (C=O) groups excluding carboxylic acids is 1. The molecule has 1 atom stereocenters. The third-order valence-electron chi connectivity index (χ3n) is 3.06. The lowest BCUT2D eigenvalue weighted by atomic mass is 9.86. The lowest BCUT2D eigenvalue weighted by Gasteiger charge is -2.17. The second kappa shape index (κ2) is 6.60. The van der Waals surface area contributed by atoms with Gasteiger partial charge in [0.1, 0.15) is 5.01 Å². The van der Waals surface area contributed by atoms with Gasteiger partial charge in [0.05, 0.1) is 11.8 Å². The van der Waals surface area contributed by atoms with E-state index in [1.165, 1.54) is 11.3 Å². The van der Waals surface area contributed by atoms with E-state index in [-0.39, 0.29) is 11.2 Å². The molecule has 0 spiro atoms. The summed E-state index contributed by atoms with van der Waals surface area (Å²) >= 11 is 7.22. The first-order valence-electron chi connectivity index (χ1n) is 6.94. The summed E-state index contributed by atoms with van der Waals surface area (Å²) < 4.78 is 0. The summed E-state index contributed by atoms with van der Waals surface area (Å²) in [7, 11) is 0. The first-order valence-corrected chi connectivity index (χ1v) is 8.19. The van der Waals surface area contributed by atoms with Gasteiger partial charge in [0.2, 0.25) is 0 Å². The third-order valence-corrected chi connectivity index (χ3v) is 4.23. The number of rotatable bonds is 4. The van der Waals surface area contributed by atoms with Crippen LogP contribution in [-0.2, 0) is 4.79 Å². The molecule has 0 saturated heterocycles. The van der Waals surface area contributed by atoms with Gasteiger partial charge in [0, 0.05) is 22.4 Å². The molecular formula is C17H17ClN2OS. The van der Waals surface area contributed by atoms with Crippen molar-refractivity contribution in [2.24, 2.45) is 5.41 Å². The van der Waals surface area contributed by atoms with Gasteiger partial charge in [0.15, 0.2) is 11.7 Å². The van der Waals surface area contributed by atoms with E-state index in [4.69, 9.17) is 11.6 Å². The summed E-state index contributed by atoms with van der Waals surface area (Å²) in [5.41, 5.74) is 1.55. The van der Waals surface area contributed by atoms with E-state index in [1.807, 2.05) is 38.3 Å². The van der Waals surface area contributed by atoms with Gasteiger partial charge >= 0.3 is 0 Å². The van der Waals surface area contributed by atoms with Gasteiger partial charge in [-0.05, 0) is 17.5 Å².